The molecule has 0 saturated heterocycles. The average Bonchev–Trinajstić information content (AvgIpc) is 2.82. The summed E-state index contributed by atoms with van der Waals surface area (Å²) in [5.41, 5.74) is 0.226. The van der Waals surface area contributed by atoms with Crippen molar-refractivity contribution in [2.45, 2.75) is 18.9 Å². The summed E-state index contributed by atoms with van der Waals surface area (Å²) < 4.78 is 13.2. The minimum atomic E-state index is -0.414. The predicted molar refractivity (Wildman–Crippen MR) is 65.2 cm³/mol. The molecule has 1 aromatic carbocycles. The second-order valence-electron chi connectivity index (χ2n) is 4.05. The van der Waals surface area contributed by atoms with Crippen molar-refractivity contribution in [1.82, 2.24) is 5.32 Å². The van der Waals surface area contributed by atoms with E-state index in [1.165, 1.54) is 6.07 Å². The van der Waals surface area contributed by atoms with Gasteiger partial charge in [0, 0.05) is 6.04 Å². The van der Waals surface area contributed by atoms with Gasteiger partial charge in [0.2, 0.25) is 5.91 Å². The van der Waals surface area contributed by atoms with Crippen LogP contribution in [0.3, 0.4) is 0 Å². The highest BCUT2D eigenvalue weighted by atomic mass is 19.1. The second-order valence-corrected chi connectivity index (χ2v) is 4.05. The topological polar surface area (TPSA) is 41.1 Å². The molecule has 2 N–H and O–H groups in total. The van der Waals surface area contributed by atoms with Crippen LogP contribution in [0.25, 0.3) is 0 Å². The van der Waals surface area contributed by atoms with E-state index in [-0.39, 0.29) is 18.1 Å². The summed E-state index contributed by atoms with van der Waals surface area (Å²) >= 11 is 0. The Bertz CT molecular complexity index is 423. The van der Waals surface area contributed by atoms with E-state index < -0.39 is 5.82 Å². The quantitative estimate of drug-likeness (QED) is 0.783. The Morgan fingerprint density at radius 3 is 2.71 bits per heavy atom. The minimum Gasteiger partial charge on any atom is -0.322 e. The molecule has 90 valence electrons. The van der Waals surface area contributed by atoms with Crippen molar-refractivity contribution in [2.24, 2.45) is 0 Å². The molecule has 0 radical (unpaired) electrons. The molecule has 0 aliphatic heterocycles. The standard InChI is InChI=1S/C13H15FN2O/c14-11-7-3-4-8-12(11)16-13(17)9-15-10-5-1-2-6-10/h1-4,7-8,10,15H,5-6,9H2,(H,16,17). The van der Waals surface area contributed by atoms with Crippen molar-refractivity contribution in [3.63, 3.8) is 0 Å². The summed E-state index contributed by atoms with van der Waals surface area (Å²) in [7, 11) is 0. The smallest absolute Gasteiger partial charge is 0.238 e. The number of hydrogen-bond acceptors (Lipinski definition) is 2. The highest BCUT2D eigenvalue weighted by Gasteiger charge is 2.11. The molecular formula is C13H15FN2O. The minimum absolute atomic E-state index is 0.209. The lowest BCUT2D eigenvalue weighted by molar-refractivity contribution is -0.115. The van der Waals surface area contributed by atoms with E-state index in [4.69, 9.17) is 0 Å². The zero-order valence-electron chi connectivity index (χ0n) is 9.45. The number of nitrogens with one attached hydrogen (secondary N) is 2. The summed E-state index contributed by atoms with van der Waals surface area (Å²) in [5.74, 6) is -0.634. The predicted octanol–water partition coefficient (Wildman–Crippen LogP) is 2.07. The number of rotatable bonds is 4. The molecule has 4 heteroatoms. The number of halogens is 1. The number of anilines is 1. The third-order valence-corrected chi connectivity index (χ3v) is 2.71. The Labute approximate surface area is 99.7 Å². The summed E-state index contributed by atoms with van der Waals surface area (Å²) in [6.45, 7) is 0.209. The van der Waals surface area contributed by atoms with Crippen LogP contribution in [0, 0.1) is 5.82 Å². The monoisotopic (exact) mass is 234 g/mol. The first kappa shape index (κ1) is 11.8. The van der Waals surface area contributed by atoms with Gasteiger partial charge in [0.15, 0.2) is 0 Å². The Hall–Kier alpha value is -1.68. The summed E-state index contributed by atoms with van der Waals surface area (Å²) in [5, 5.41) is 5.66. The van der Waals surface area contributed by atoms with Gasteiger partial charge < -0.3 is 10.6 Å². The third kappa shape index (κ3) is 3.39. The van der Waals surface area contributed by atoms with E-state index in [0.717, 1.165) is 12.8 Å². The van der Waals surface area contributed by atoms with Crippen LogP contribution < -0.4 is 10.6 Å². The van der Waals surface area contributed by atoms with E-state index in [1.807, 2.05) is 0 Å². The van der Waals surface area contributed by atoms with Crippen LogP contribution in [-0.2, 0) is 4.79 Å². The maximum absolute atomic E-state index is 13.2. The van der Waals surface area contributed by atoms with Crippen LogP contribution in [0.5, 0.6) is 0 Å². The lowest BCUT2D eigenvalue weighted by Gasteiger charge is -2.12. The van der Waals surface area contributed by atoms with Crippen molar-refractivity contribution in [3.8, 4) is 0 Å². The van der Waals surface area contributed by atoms with Gasteiger partial charge in [0.1, 0.15) is 5.82 Å². The van der Waals surface area contributed by atoms with Gasteiger partial charge in [-0.1, -0.05) is 24.3 Å². The molecule has 2 rings (SSSR count). The Morgan fingerprint density at radius 2 is 2.00 bits per heavy atom. The molecule has 0 spiro atoms. The fourth-order valence-corrected chi connectivity index (χ4v) is 1.78. The lowest BCUT2D eigenvalue weighted by Crippen LogP contribution is -2.34. The molecule has 0 heterocycles. The fraction of sp³-hybridized carbons (Fsp3) is 0.308. The van der Waals surface area contributed by atoms with Crippen LogP contribution in [0.15, 0.2) is 36.4 Å². The molecule has 1 aliphatic rings. The number of carbonyl (C=O) groups is 1. The second kappa shape index (κ2) is 5.59. The average molecular weight is 234 g/mol. The summed E-state index contributed by atoms with van der Waals surface area (Å²) in [6.07, 6.45) is 6.08. The van der Waals surface area contributed by atoms with Crippen LogP contribution in [0.2, 0.25) is 0 Å². The van der Waals surface area contributed by atoms with E-state index >= 15 is 0 Å². The number of para-hydroxylation sites is 1. The molecule has 1 aliphatic carbocycles. The fourth-order valence-electron chi connectivity index (χ4n) is 1.78. The maximum Gasteiger partial charge on any atom is 0.238 e. The Kier molecular flexibility index (Phi) is 3.88. The molecule has 3 nitrogen and oxygen atoms in total. The molecular weight excluding hydrogens is 219 g/mol. The van der Waals surface area contributed by atoms with Crippen LogP contribution in [0.1, 0.15) is 12.8 Å². The van der Waals surface area contributed by atoms with Gasteiger partial charge in [0.25, 0.3) is 0 Å². The van der Waals surface area contributed by atoms with Crippen molar-refractivity contribution in [3.05, 3.63) is 42.2 Å². The van der Waals surface area contributed by atoms with Crippen molar-refractivity contribution in [1.29, 1.82) is 0 Å². The molecule has 17 heavy (non-hydrogen) atoms. The largest absolute Gasteiger partial charge is 0.322 e. The summed E-state index contributed by atoms with van der Waals surface area (Å²) in [6, 6.07) is 6.48. The van der Waals surface area contributed by atoms with Gasteiger partial charge in [-0.15, -0.1) is 0 Å². The van der Waals surface area contributed by atoms with E-state index in [0.29, 0.717) is 6.04 Å². The lowest BCUT2D eigenvalue weighted by atomic mass is 10.2. The van der Waals surface area contributed by atoms with Gasteiger partial charge in [-0.05, 0) is 25.0 Å². The number of carbonyl (C=O) groups excluding carboxylic acids is 1. The molecule has 1 aromatic rings. The van der Waals surface area contributed by atoms with Crippen LogP contribution >= 0.6 is 0 Å². The molecule has 0 fully saturated rings. The summed E-state index contributed by atoms with van der Waals surface area (Å²) in [4.78, 5) is 11.6. The van der Waals surface area contributed by atoms with Gasteiger partial charge in [-0.2, -0.15) is 0 Å². The highest BCUT2D eigenvalue weighted by molar-refractivity contribution is 5.92. The van der Waals surface area contributed by atoms with Gasteiger partial charge in [0.05, 0.1) is 12.2 Å². The van der Waals surface area contributed by atoms with Crippen molar-refractivity contribution in [2.75, 3.05) is 11.9 Å². The van der Waals surface area contributed by atoms with Gasteiger partial charge in [-0.3, -0.25) is 4.79 Å². The normalized spacial score (nSPS) is 15.1. The zero-order valence-corrected chi connectivity index (χ0v) is 9.45. The molecule has 0 saturated carbocycles. The van der Waals surface area contributed by atoms with Crippen LogP contribution in [-0.4, -0.2) is 18.5 Å². The first-order valence-electron chi connectivity index (χ1n) is 5.68. The SMILES string of the molecule is O=C(CNC1CC=CC1)Nc1ccccc1F. The molecule has 0 aromatic heterocycles. The highest BCUT2D eigenvalue weighted by Crippen LogP contribution is 2.12. The molecule has 0 unspecified atom stereocenters. The maximum atomic E-state index is 13.2. The Balaban J connectivity index is 1.79. The molecule has 0 bridgehead atoms. The van der Waals surface area contributed by atoms with E-state index in [1.54, 1.807) is 18.2 Å². The molecule has 1 amide bonds. The number of amides is 1. The van der Waals surface area contributed by atoms with Crippen LogP contribution in [0.4, 0.5) is 10.1 Å². The first-order chi connectivity index (χ1) is 8.25. The van der Waals surface area contributed by atoms with Crippen molar-refractivity contribution >= 4 is 11.6 Å². The third-order valence-electron chi connectivity index (χ3n) is 2.71. The van der Waals surface area contributed by atoms with E-state index in [9.17, 15) is 9.18 Å². The molecule has 0 atom stereocenters. The number of hydrogen-bond donors (Lipinski definition) is 2. The van der Waals surface area contributed by atoms with Crippen molar-refractivity contribution < 1.29 is 9.18 Å². The Morgan fingerprint density at radius 1 is 1.29 bits per heavy atom. The number of benzene rings is 1. The van der Waals surface area contributed by atoms with Gasteiger partial charge >= 0.3 is 0 Å². The first-order valence-corrected chi connectivity index (χ1v) is 5.68. The van der Waals surface area contributed by atoms with E-state index in [2.05, 4.69) is 22.8 Å². The van der Waals surface area contributed by atoms with Gasteiger partial charge in [-0.25, -0.2) is 4.39 Å². The zero-order chi connectivity index (χ0) is 12.1.